The van der Waals surface area contributed by atoms with E-state index in [1.807, 2.05) is 48.7 Å². The fourth-order valence-corrected chi connectivity index (χ4v) is 5.16. The van der Waals surface area contributed by atoms with Gasteiger partial charge in [-0.25, -0.2) is 9.79 Å². The zero-order valence-corrected chi connectivity index (χ0v) is 19.5. The topological polar surface area (TPSA) is 60.7 Å². The van der Waals surface area contributed by atoms with E-state index in [9.17, 15) is 9.59 Å². The highest BCUT2D eigenvalue weighted by Gasteiger charge is 2.33. The number of carbonyl (C=O) groups is 1. The lowest BCUT2D eigenvalue weighted by Crippen LogP contribution is -2.39. The van der Waals surface area contributed by atoms with Crippen LogP contribution in [0.15, 0.2) is 74.5 Å². The normalized spacial score (nSPS) is 16.1. The highest BCUT2D eigenvalue weighted by Crippen LogP contribution is 2.31. The molecule has 1 atom stereocenters. The lowest BCUT2D eigenvalue weighted by molar-refractivity contribution is -0.136. The van der Waals surface area contributed by atoms with Crippen LogP contribution in [0.4, 0.5) is 0 Å². The van der Waals surface area contributed by atoms with Crippen molar-refractivity contribution in [3.63, 3.8) is 0 Å². The first-order valence-corrected chi connectivity index (χ1v) is 11.9. The first-order chi connectivity index (χ1) is 14.9. The van der Waals surface area contributed by atoms with E-state index in [2.05, 4.69) is 4.99 Å². The van der Waals surface area contributed by atoms with E-state index in [-0.39, 0.29) is 5.56 Å². The van der Waals surface area contributed by atoms with Crippen LogP contribution in [0.5, 0.6) is 0 Å². The van der Waals surface area contributed by atoms with E-state index in [0.29, 0.717) is 25.6 Å². The van der Waals surface area contributed by atoms with E-state index >= 15 is 0 Å². The van der Waals surface area contributed by atoms with Gasteiger partial charge in [0, 0.05) is 9.92 Å². The third-order valence-electron chi connectivity index (χ3n) is 5.05. The molecule has 2 heterocycles. The summed E-state index contributed by atoms with van der Waals surface area (Å²) in [6.07, 6.45) is 3.76. The van der Waals surface area contributed by atoms with Crippen molar-refractivity contribution in [2.45, 2.75) is 17.9 Å². The molecule has 1 unspecified atom stereocenters. The Morgan fingerprint density at radius 1 is 1.23 bits per heavy atom. The summed E-state index contributed by atoms with van der Waals surface area (Å²) in [5.41, 5.74) is 2.24. The summed E-state index contributed by atoms with van der Waals surface area (Å²) in [5.74, 6) is -0.499. The summed E-state index contributed by atoms with van der Waals surface area (Å²) in [6, 6.07) is 14.5. The number of carbonyl (C=O) groups excluding carboxylic acids is 1. The third-order valence-corrected chi connectivity index (χ3v) is 7.12. The lowest BCUT2D eigenvalue weighted by Gasteiger charge is -2.24. The van der Waals surface area contributed by atoms with Crippen LogP contribution in [0.3, 0.4) is 0 Å². The predicted molar refractivity (Wildman–Crippen MR) is 125 cm³/mol. The molecule has 0 saturated carbocycles. The SMILES string of the molecule is COC(=O)C1=C(C)N=c2s/c(=C/c3ccccc3Cl)c(=O)n2C1c1ccc(SC)cc1. The van der Waals surface area contributed by atoms with Gasteiger partial charge in [0.15, 0.2) is 4.80 Å². The number of rotatable bonds is 4. The molecule has 0 fully saturated rings. The average molecular weight is 471 g/mol. The van der Waals surface area contributed by atoms with Gasteiger partial charge < -0.3 is 4.74 Å². The van der Waals surface area contributed by atoms with Crippen molar-refractivity contribution in [2.75, 3.05) is 13.4 Å². The van der Waals surface area contributed by atoms with Crippen LogP contribution in [-0.2, 0) is 9.53 Å². The zero-order valence-electron chi connectivity index (χ0n) is 17.1. The fraction of sp³-hybridized carbons (Fsp3) is 0.174. The Morgan fingerprint density at radius 3 is 2.58 bits per heavy atom. The number of hydrogen-bond donors (Lipinski definition) is 0. The number of fused-ring (bicyclic) bond motifs is 1. The van der Waals surface area contributed by atoms with Crippen LogP contribution in [0.25, 0.3) is 6.08 Å². The first kappa shape index (κ1) is 21.6. The molecule has 4 rings (SSSR count). The number of thioether (sulfide) groups is 1. The number of thiazole rings is 1. The quantitative estimate of drug-likeness (QED) is 0.430. The Kier molecular flexibility index (Phi) is 6.18. The Bertz CT molecular complexity index is 1370. The van der Waals surface area contributed by atoms with Gasteiger partial charge in [0.1, 0.15) is 0 Å². The van der Waals surface area contributed by atoms with Gasteiger partial charge in [-0.3, -0.25) is 9.36 Å². The molecule has 31 heavy (non-hydrogen) atoms. The molecule has 0 radical (unpaired) electrons. The molecule has 0 saturated heterocycles. The molecule has 158 valence electrons. The summed E-state index contributed by atoms with van der Waals surface area (Å²) in [7, 11) is 1.33. The second-order valence-electron chi connectivity index (χ2n) is 6.87. The van der Waals surface area contributed by atoms with Crippen molar-refractivity contribution >= 4 is 46.7 Å². The number of benzene rings is 2. The van der Waals surface area contributed by atoms with Gasteiger partial charge in [0.25, 0.3) is 5.56 Å². The zero-order chi connectivity index (χ0) is 22.1. The van der Waals surface area contributed by atoms with Gasteiger partial charge in [-0.2, -0.15) is 0 Å². The molecular weight excluding hydrogens is 452 g/mol. The lowest BCUT2D eigenvalue weighted by atomic mass is 9.96. The summed E-state index contributed by atoms with van der Waals surface area (Å²) in [5, 5.41) is 0.559. The van der Waals surface area contributed by atoms with Gasteiger partial charge in [0.2, 0.25) is 0 Å². The summed E-state index contributed by atoms with van der Waals surface area (Å²) in [6.45, 7) is 1.76. The van der Waals surface area contributed by atoms with Gasteiger partial charge in [0.05, 0.1) is 29.0 Å². The summed E-state index contributed by atoms with van der Waals surface area (Å²) in [4.78, 5) is 32.3. The van der Waals surface area contributed by atoms with Crippen LogP contribution in [0.1, 0.15) is 24.1 Å². The molecule has 0 aliphatic carbocycles. The smallest absolute Gasteiger partial charge is 0.338 e. The number of nitrogens with zero attached hydrogens (tertiary/aromatic N) is 2. The maximum Gasteiger partial charge on any atom is 0.338 e. The monoisotopic (exact) mass is 470 g/mol. The molecule has 5 nitrogen and oxygen atoms in total. The molecule has 0 amide bonds. The third kappa shape index (κ3) is 4.01. The Balaban J connectivity index is 1.97. The van der Waals surface area contributed by atoms with Crippen LogP contribution in [0.2, 0.25) is 5.02 Å². The number of halogens is 1. The van der Waals surface area contributed by atoms with E-state index in [1.165, 1.54) is 18.4 Å². The van der Waals surface area contributed by atoms with Gasteiger partial charge in [-0.15, -0.1) is 11.8 Å². The number of aromatic nitrogens is 1. The molecule has 1 aliphatic heterocycles. The van der Waals surface area contributed by atoms with Crippen molar-refractivity contribution in [1.82, 2.24) is 4.57 Å². The number of ether oxygens (including phenoxy) is 1. The minimum absolute atomic E-state index is 0.225. The standard InChI is InChI=1S/C23H19ClN2O3S2/c1-13-19(22(28)29-2)20(14-8-10-16(30-3)11-9-14)26-21(27)18(31-23(26)25-13)12-15-6-4-5-7-17(15)24/h4-12,20H,1-3H3/b18-12+. The molecule has 8 heteroatoms. The fourth-order valence-electron chi connectivity index (χ4n) is 3.53. The average Bonchev–Trinajstić information content (AvgIpc) is 3.08. The second-order valence-corrected chi connectivity index (χ2v) is 9.16. The van der Waals surface area contributed by atoms with Crippen molar-refractivity contribution in [2.24, 2.45) is 4.99 Å². The number of allylic oxidation sites excluding steroid dienone is 1. The molecular formula is C23H19ClN2O3S2. The number of esters is 1. The molecule has 0 N–H and O–H groups in total. The highest BCUT2D eigenvalue weighted by molar-refractivity contribution is 7.98. The van der Waals surface area contributed by atoms with Crippen molar-refractivity contribution in [1.29, 1.82) is 0 Å². The Hall–Kier alpha value is -2.61. The van der Waals surface area contributed by atoms with E-state index in [1.54, 1.807) is 35.4 Å². The van der Waals surface area contributed by atoms with Gasteiger partial charge in [-0.05, 0) is 48.6 Å². The summed E-state index contributed by atoms with van der Waals surface area (Å²) >= 11 is 9.18. The molecule has 3 aromatic rings. The van der Waals surface area contributed by atoms with E-state index in [0.717, 1.165) is 16.0 Å². The minimum atomic E-state index is -0.618. The molecule has 0 spiro atoms. The summed E-state index contributed by atoms with van der Waals surface area (Å²) < 4.78 is 7.10. The van der Waals surface area contributed by atoms with Crippen LogP contribution in [0, 0.1) is 0 Å². The van der Waals surface area contributed by atoms with E-state index in [4.69, 9.17) is 16.3 Å². The van der Waals surface area contributed by atoms with Crippen molar-refractivity contribution in [3.05, 3.63) is 95.6 Å². The van der Waals surface area contributed by atoms with E-state index < -0.39 is 12.0 Å². The van der Waals surface area contributed by atoms with Crippen molar-refractivity contribution in [3.8, 4) is 0 Å². The van der Waals surface area contributed by atoms with Gasteiger partial charge in [-0.1, -0.05) is 53.3 Å². The Labute approximate surface area is 192 Å². The highest BCUT2D eigenvalue weighted by atomic mass is 35.5. The van der Waals surface area contributed by atoms with Crippen molar-refractivity contribution < 1.29 is 9.53 Å². The largest absolute Gasteiger partial charge is 0.466 e. The predicted octanol–water partition coefficient (Wildman–Crippen LogP) is 3.78. The first-order valence-electron chi connectivity index (χ1n) is 9.44. The van der Waals surface area contributed by atoms with Crippen LogP contribution in [-0.4, -0.2) is 23.9 Å². The number of methoxy groups -OCH3 is 1. The minimum Gasteiger partial charge on any atom is -0.466 e. The van der Waals surface area contributed by atoms with Crippen LogP contribution < -0.4 is 14.9 Å². The maximum absolute atomic E-state index is 13.5. The second kappa shape index (κ2) is 8.86. The molecule has 1 aliphatic rings. The number of hydrogen-bond acceptors (Lipinski definition) is 6. The Morgan fingerprint density at radius 2 is 1.94 bits per heavy atom. The van der Waals surface area contributed by atoms with Gasteiger partial charge >= 0.3 is 5.97 Å². The molecule has 2 aromatic carbocycles. The van der Waals surface area contributed by atoms with Crippen LogP contribution >= 0.6 is 34.7 Å². The maximum atomic E-state index is 13.5. The molecule has 0 bridgehead atoms. The molecule has 1 aromatic heterocycles.